The molecule has 1 rings (SSSR count). The van der Waals surface area contributed by atoms with Crippen molar-refractivity contribution < 1.29 is 13.2 Å². The maximum atomic E-state index is 11.9. The highest BCUT2D eigenvalue weighted by atomic mass is 32.1. The van der Waals surface area contributed by atoms with Crippen LogP contribution in [0.2, 0.25) is 0 Å². The zero-order valence-corrected chi connectivity index (χ0v) is 7.82. The molecule has 1 aromatic heterocycles. The molecule has 0 amide bonds. The van der Waals surface area contributed by atoms with Crippen LogP contribution < -0.4 is 0 Å². The molecule has 0 saturated carbocycles. The molecule has 6 heteroatoms. The molecule has 0 aromatic carbocycles. The molecule has 0 aliphatic rings. The fourth-order valence-electron chi connectivity index (χ4n) is 0.552. The Bertz CT molecular complexity index is 226. The van der Waals surface area contributed by atoms with Gasteiger partial charge in [0, 0.05) is 0 Å². The zero-order valence-electron chi connectivity index (χ0n) is 5.03. The SMILES string of the molecule is Cc1p[pH]pc1C(F)(F)F. The van der Waals surface area contributed by atoms with Crippen molar-refractivity contribution in [1.29, 1.82) is 0 Å². The van der Waals surface area contributed by atoms with E-state index >= 15 is 0 Å². The Morgan fingerprint density at radius 2 is 1.90 bits per heavy atom. The topological polar surface area (TPSA) is 0 Å². The average molecular weight is 202 g/mol. The molecule has 0 saturated heterocycles. The third-order valence-electron chi connectivity index (χ3n) is 0.991. The second-order valence-electron chi connectivity index (χ2n) is 1.76. The molecule has 10 heavy (non-hydrogen) atoms. The fourth-order valence-corrected chi connectivity index (χ4v) is 7.06. The van der Waals surface area contributed by atoms with Crippen LogP contribution >= 0.6 is 23.3 Å². The van der Waals surface area contributed by atoms with Gasteiger partial charge in [0.25, 0.3) is 0 Å². The summed E-state index contributed by atoms with van der Waals surface area (Å²) in [6.07, 6.45) is -4.08. The lowest BCUT2D eigenvalue weighted by atomic mass is 10.4. The molecule has 0 spiro atoms. The minimum atomic E-state index is -4.08. The molecule has 1 atom stereocenters. The smallest absolute Gasteiger partial charge is 0.166 e. The molecule has 0 radical (unpaired) electrons. The van der Waals surface area contributed by atoms with Gasteiger partial charge in [-0.05, 0) is 28.0 Å². The number of halogens is 3. The van der Waals surface area contributed by atoms with Crippen LogP contribution in [0, 0.1) is 6.92 Å². The number of hydrogen-bond donors (Lipinski definition) is 0. The molecule has 1 aromatic rings. The second kappa shape index (κ2) is 2.81. The van der Waals surface area contributed by atoms with Gasteiger partial charge in [-0.2, -0.15) is 13.2 Å². The molecule has 0 N–H and O–H groups in total. The quantitative estimate of drug-likeness (QED) is 0.591. The first kappa shape index (κ1) is 8.53. The van der Waals surface area contributed by atoms with E-state index in [9.17, 15) is 13.2 Å². The van der Waals surface area contributed by atoms with E-state index in [4.69, 9.17) is 0 Å². The predicted octanol–water partition coefficient (Wildman–Crippen LogP) is 4.21. The first-order chi connectivity index (χ1) is 4.52. The van der Waals surface area contributed by atoms with Crippen LogP contribution in [0.1, 0.15) is 10.6 Å². The van der Waals surface area contributed by atoms with Crippen molar-refractivity contribution in [2.45, 2.75) is 13.1 Å². The molecule has 1 heterocycles. The zero-order chi connectivity index (χ0) is 7.78. The summed E-state index contributed by atoms with van der Waals surface area (Å²) >= 11 is 0. The summed E-state index contributed by atoms with van der Waals surface area (Å²) < 4.78 is 35.8. The van der Waals surface area contributed by atoms with Gasteiger partial charge < -0.3 is 0 Å². The summed E-state index contributed by atoms with van der Waals surface area (Å²) in [6, 6.07) is 0. The van der Waals surface area contributed by atoms with Crippen LogP contribution in [0.5, 0.6) is 0 Å². The minimum Gasteiger partial charge on any atom is -0.166 e. The van der Waals surface area contributed by atoms with Gasteiger partial charge in [-0.3, -0.25) is 0 Å². The third-order valence-corrected chi connectivity index (χ3v) is 6.82. The Hall–Kier alpha value is 0.430. The first-order valence-corrected chi connectivity index (χ1v) is 6.93. The maximum absolute atomic E-state index is 11.9. The number of aryl methyl sites for hydroxylation is 1. The number of alkyl halides is 3. The molecular formula is C4H4F3P3. The van der Waals surface area contributed by atoms with Crippen molar-refractivity contribution in [3.05, 3.63) is 10.6 Å². The van der Waals surface area contributed by atoms with Crippen LogP contribution in [-0.2, 0) is 6.18 Å². The summed E-state index contributed by atoms with van der Waals surface area (Å²) in [4.78, 5) is 0. The number of hydrogen-bond acceptors (Lipinski definition) is 0. The van der Waals surface area contributed by atoms with Crippen LogP contribution in [0.25, 0.3) is 0 Å². The molecule has 56 valence electrons. The summed E-state index contributed by atoms with van der Waals surface area (Å²) in [7, 11) is 1.72. The average Bonchev–Trinajstić information content (AvgIpc) is 2.11. The highest BCUT2D eigenvalue weighted by Crippen LogP contribution is 2.48. The monoisotopic (exact) mass is 202 g/mol. The number of rotatable bonds is 0. The normalized spacial score (nSPS) is 14.4. The largest absolute Gasteiger partial charge is 0.421 e. The van der Waals surface area contributed by atoms with Gasteiger partial charge >= 0.3 is 6.18 Å². The third kappa shape index (κ3) is 1.72. The lowest BCUT2D eigenvalue weighted by Crippen LogP contribution is -2.01. The first-order valence-electron chi connectivity index (χ1n) is 2.46. The minimum absolute atomic E-state index is 0.326. The van der Waals surface area contributed by atoms with Crippen molar-refractivity contribution in [2.75, 3.05) is 0 Å². The summed E-state index contributed by atoms with van der Waals surface area (Å²) in [5.41, 5.74) is 0. The lowest BCUT2D eigenvalue weighted by Gasteiger charge is -2.02. The lowest BCUT2D eigenvalue weighted by molar-refractivity contribution is -0.134. The highest BCUT2D eigenvalue weighted by Gasteiger charge is 2.33. The van der Waals surface area contributed by atoms with E-state index in [2.05, 4.69) is 0 Å². The molecule has 0 aliphatic heterocycles. The van der Waals surface area contributed by atoms with E-state index in [1.54, 1.807) is 6.92 Å². The molecule has 0 fully saturated rings. The summed E-state index contributed by atoms with van der Waals surface area (Å²) in [5, 5.41) is 0.167. The molecule has 0 nitrogen and oxygen atoms in total. The fraction of sp³-hybridized carbons (Fsp3) is 0.500. The highest BCUT2D eigenvalue weighted by molar-refractivity contribution is 8.17. The summed E-state index contributed by atoms with van der Waals surface area (Å²) in [5.74, 6) is 0. The standard InChI is InChI=1S/C4H4F3P3/c1-2-3(4(5,6)7)9-10-8-2/h10H,1H3. The van der Waals surface area contributed by atoms with Crippen molar-refractivity contribution in [3.63, 3.8) is 0 Å². The predicted molar refractivity (Wildman–Crippen MR) is 40.7 cm³/mol. The van der Waals surface area contributed by atoms with E-state index in [0.717, 1.165) is 7.87 Å². The van der Waals surface area contributed by atoms with Gasteiger partial charge in [-0.1, -0.05) is 7.55 Å². The molecule has 0 bridgehead atoms. The Morgan fingerprint density at radius 1 is 1.30 bits per heavy atom. The van der Waals surface area contributed by atoms with Crippen LogP contribution in [0.4, 0.5) is 13.2 Å². The maximum Gasteiger partial charge on any atom is 0.421 e. The van der Waals surface area contributed by atoms with E-state index in [1.807, 2.05) is 0 Å². The van der Waals surface area contributed by atoms with E-state index in [1.165, 1.54) is 0 Å². The van der Waals surface area contributed by atoms with Crippen LogP contribution in [0.15, 0.2) is 0 Å². The van der Waals surface area contributed by atoms with E-state index in [0.29, 0.717) is 20.7 Å². The Balaban J connectivity index is 3.05. The van der Waals surface area contributed by atoms with Crippen molar-refractivity contribution in [2.24, 2.45) is 0 Å². The second-order valence-corrected chi connectivity index (χ2v) is 7.26. The van der Waals surface area contributed by atoms with Gasteiger partial charge in [-0.15, -0.1) is 0 Å². The van der Waals surface area contributed by atoms with E-state index in [-0.39, 0.29) is 5.30 Å². The summed E-state index contributed by atoms with van der Waals surface area (Å²) in [6.45, 7) is 1.55. The van der Waals surface area contributed by atoms with Crippen LogP contribution in [0.3, 0.4) is 0 Å². The van der Waals surface area contributed by atoms with Crippen molar-refractivity contribution >= 4 is 23.3 Å². The Labute approximate surface area is 60.9 Å². The molecule has 0 aliphatic carbocycles. The van der Waals surface area contributed by atoms with E-state index < -0.39 is 6.18 Å². The van der Waals surface area contributed by atoms with Gasteiger partial charge in [0.05, 0.1) is 5.30 Å². The van der Waals surface area contributed by atoms with Crippen molar-refractivity contribution in [1.82, 2.24) is 0 Å². The van der Waals surface area contributed by atoms with Crippen molar-refractivity contribution in [3.8, 4) is 0 Å². The Morgan fingerprint density at radius 3 is 2.10 bits per heavy atom. The Kier molecular flexibility index (Phi) is 2.40. The van der Waals surface area contributed by atoms with Gasteiger partial charge in [0.2, 0.25) is 0 Å². The van der Waals surface area contributed by atoms with Gasteiger partial charge in [-0.25, -0.2) is 0 Å². The molecular weight excluding hydrogens is 198 g/mol. The molecule has 1 unspecified atom stereocenters. The van der Waals surface area contributed by atoms with Crippen LogP contribution in [-0.4, -0.2) is 0 Å². The van der Waals surface area contributed by atoms with Gasteiger partial charge in [0.1, 0.15) is 0 Å². The van der Waals surface area contributed by atoms with Gasteiger partial charge in [0.15, 0.2) is 0 Å².